The van der Waals surface area contributed by atoms with E-state index in [1.165, 1.54) is 22.5 Å². The van der Waals surface area contributed by atoms with Gasteiger partial charge in [0.25, 0.3) is 0 Å². The Hall–Kier alpha value is -1.76. The molecule has 2 atom stereocenters. The Bertz CT molecular complexity index is 522. The fourth-order valence-corrected chi connectivity index (χ4v) is 2.67. The number of hydrogen-bond acceptors (Lipinski definition) is 1. The van der Waals surface area contributed by atoms with Gasteiger partial charge in [0.15, 0.2) is 0 Å². The van der Waals surface area contributed by atoms with Crippen LogP contribution in [0.1, 0.15) is 63.5 Å². The molecule has 2 aromatic carbocycles. The smallest absolute Gasteiger partial charge is 0.0419 e. The van der Waals surface area contributed by atoms with E-state index in [1.807, 2.05) is 0 Å². The van der Waals surface area contributed by atoms with Crippen LogP contribution < -0.4 is 5.32 Å². The maximum Gasteiger partial charge on any atom is 0.0419 e. The Balaban J connectivity index is 2.35. The zero-order valence-corrected chi connectivity index (χ0v) is 13.7. The molecule has 1 heteroatoms. The van der Waals surface area contributed by atoms with Crippen LogP contribution >= 0.6 is 0 Å². The maximum absolute atomic E-state index is 3.67. The second kappa shape index (κ2) is 7.31. The van der Waals surface area contributed by atoms with Crippen molar-refractivity contribution in [2.24, 2.45) is 0 Å². The molecule has 2 rings (SSSR count). The lowest BCUT2D eigenvalue weighted by molar-refractivity contribution is 0.732. The minimum absolute atomic E-state index is 0.574. The highest BCUT2D eigenvalue weighted by Crippen LogP contribution is 2.33. The minimum atomic E-state index is 0.574. The predicted octanol–water partition coefficient (Wildman–Crippen LogP) is 6.46. The third kappa shape index (κ3) is 3.66. The molecule has 2 unspecified atom stereocenters. The van der Waals surface area contributed by atoms with Crippen LogP contribution in [0.15, 0.2) is 48.5 Å². The molecule has 0 radical (unpaired) electrons. The molecule has 112 valence electrons. The van der Waals surface area contributed by atoms with Crippen molar-refractivity contribution in [3.8, 4) is 0 Å². The van der Waals surface area contributed by atoms with Crippen LogP contribution in [0.5, 0.6) is 0 Å². The van der Waals surface area contributed by atoms with Gasteiger partial charge in [0.1, 0.15) is 0 Å². The normalized spacial score (nSPS) is 13.7. The van der Waals surface area contributed by atoms with E-state index in [1.54, 1.807) is 0 Å². The fourth-order valence-electron chi connectivity index (χ4n) is 2.67. The highest BCUT2D eigenvalue weighted by Gasteiger charge is 2.12. The van der Waals surface area contributed by atoms with E-state index in [-0.39, 0.29) is 0 Å². The molecule has 0 bridgehead atoms. The molecule has 0 aliphatic rings. The summed E-state index contributed by atoms with van der Waals surface area (Å²) < 4.78 is 0. The number of hydrogen-bond donors (Lipinski definition) is 1. The third-order valence-corrected chi connectivity index (χ3v) is 4.48. The summed E-state index contributed by atoms with van der Waals surface area (Å²) >= 11 is 0. The Morgan fingerprint density at radius 1 is 0.714 bits per heavy atom. The highest BCUT2D eigenvalue weighted by molar-refractivity contribution is 5.67. The van der Waals surface area contributed by atoms with Gasteiger partial charge in [-0.15, -0.1) is 0 Å². The molecule has 0 heterocycles. The molecule has 1 N–H and O–H groups in total. The minimum Gasteiger partial charge on any atom is -0.355 e. The summed E-state index contributed by atoms with van der Waals surface area (Å²) in [5.41, 5.74) is 5.28. The van der Waals surface area contributed by atoms with Gasteiger partial charge >= 0.3 is 0 Å². The molecule has 0 fully saturated rings. The van der Waals surface area contributed by atoms with Gasteiger partial charge in [-0.1, -0.05) is 64.1 Å². The lowest BCUT2D eigenvalue weighted by atomic mass is 9.95. The van der Waals surface area contributed by atoms with E-state index in [4.69, 9.17) is 0 Å². The molecule has 21 heavy (non-hydrogen) atoms. The van der Waals surface area contributed by atoms with Crippen LogP contribution in [-0.2, 0) is 0 Å². The van der Waals surface area contributed by atoms with Crippen molar-refractivity contribution in [3.05, 3.63) is 59.7 Å². The van der Waals surface area contributed by atoms with Crippen molar-refractivity contribution in [1.82, 2.24) is 0 Å². The van der Waals surface area contributed by atoms with Gasteiger partial charge in [0.05, 0.1) is 0 Å². The van der Waals surface area contributed by atoms with E-state index < -0.39 is 0 Å². The third-order valence-electron chi connectivity index (χ3n) is 4.48. The number of nitrogens with one attached hydrogen (secondary N) is 1. The molecule has 0 aliphatic carbocycles. The first-order chi connectivity index (χ1) is 10.2. The second-order valence-corrected chi connectivity index (χ2v) is 5.92. The number of anilines is 2. The zero-order valence-electron chi connectivity index (χ0n) is 13.7. The van der Waals surface area contributed by atoms with E-state index in [0.717, 1.165) is 12.8 Å². The predicted molar refractivity (Wildman–Crippen MR) is 93.6 cm³/mol. The highest BCUT2D eigenvalue weighted by atomic mass is 14.9. The fraction of sp³-hybridized carbons (Fsp3) is 0.400. The topological polar surface area (TPSA) is 12.0 Å². The van der Waals surface area contributed by atoms with Crippen LogP contribution in [-0.4, -0.2) is 0 Å². The van der Waals surface area contributed by atoms with Gasteiger partial charge in [0, 0.05) is 11.4 Å². The van der Waals surface area contributed by atoms with Gasteiger partial charge in [0.2, 0.25) is 0 Å². The van der Waals surface area contributed by atoms with Crippen molar-refractivity contribution in [2.75, 3.05) is 5.32 Å². The molecule has 1 nitrogen and oxygen atoms in total. The van der Waals surface area contributed by atoms with E-state index >= 15 is 0 Å². The first kappa shape index (κ1) is 15.6. The molecule has 0 saturated carbocycles. The molecule has 2 aromatic rings. The van der Waals surface area contributed by atoms with Gasteiger partial charge in [-0.05, 0) is 47.9 Å². The van der Waals surface area contributed by atoms with Crippen LogP contribution in [0, 0.1) is 0 Å². The maximum atomic E-state index is 3.67. The average molecular weight is 281 g/mol. The first-order valence-electron chi connectivity index (χ1n) is 8.12. The summed E-state index contributed by atoms with van der Waals surface area (Å²) in [7, 11) is 0. The Morgan fingerprint density at radius 2 is 1.10 bits per heavy atom. The summed E-state index contributed by atoms with van der Waals surface area (Å²) in [6.07, 6.45) is 2.32. The molecular weight excluding hydrogens is 254 g/mol. The quantitative estimate of drug-likeness (QED) is 0.641. The van der Waals surface area contributed by atoms with Crippen molar-refractivity contribution < 1.29 is 0 Å². The lowest BCUT2D eigenvalue weighted by Crippen LogP contribution is -2.03. The van der Waals surface area contributed by atoms with Crippen LogP contribution in [0.3, 0.4) is 0 Å². The van der Waals surface area contributed by atoms with Crippen molar-refractivity contribution >= 4 is 11.4 Å². The van der Waals surface area contributed by atoms with Crippen molar-refractivity contribution in [1.29, 1.82) is 0 Å². The second-order valence-electron chi connectivity index (χ2n) is 5.92. The molecule has 0 saturated heterocycles. The number of benzene rings is 2. The largest absolute Gasteiger partial charge is 0.355 e. The van der Waals surface area contributed by atoms with Crippen molar-refractivity contribution in [3.63, 3.8) is 0 Å². The Kier molecular flexibility index (Phi) is 5.44. The lowest BCUT2D eigenvalue weighted by Gasteiger charge is -2.20. The molecular formula is C20H27N. The summed E-state index contributed by atoms with van der Waals surface area (Å²) in [6.45, 7) is 9.07. The zero-order chi connectivity index (χ0) is 15.2. The summed E-state index contributed by atoms with van der Waals surface area (Å²) in [6, 6.07) is 17.3. The summed E-state index contributed by atoms with van der Waals surface area (Å²) in [4.78, 5) is 0. The average Bonchev–Trinajstić information content (AvgIpc) is 2.54. The molecule has 0 amide bonds. The Morgan fingerprint density at radius 3 is 1.48 bits per heavy atom. The monoisotopic (exact) mass is 281 g/mol. The summed E-state index contributed by atoms with van der Waals surface area (Å²) in [5.74, 6) is 1.15. The van der Waals surface area contributed by atoms with E-state index in [9.17, 15) is 0 Å². The van der Waals surface area contributed by atoms with Gasteiger partial charge in [-0.25, -0.2) is 0 Å². The van der Waals surface area contributed by atoms with Crippen molar-refractivity contribution in [2.45, 2.75) is 52.4 Å². The molecule has 0 aromatic heterocycles. The van der Waals surface area contributed by atoms with Crippen LogP contribution in [0.4, 0.5) is 11.4 Å². The van der Waals surface area contributed by atoms with E-state index in [2.05, 4.69) is 81.5 Å². The number of rotatable bonds is 6. The number of para-hydroxylation sites is 2. The summed E-state index contributed by atoms with van der Waals surface area (Å²) in [5, 5.41) is 3.67. The van der Waals surface area contributed by atoms with Gasteiger partial charge in [-0.3, -0.25) is 0 Å². The SMILES string of the molecule is CCC(C)c1ccccc1Nc1ccccc1C(C)CC. The van der Waals surface area contributed by atoms with E-state index in [0.29, 0.717) is 11.8 Å². The Labute approximate surface area is 129 Å². The van der Waals surface area contributed by atoms with Gasteiger partial charge in [-0.2, -0.15) is 0 Å². The first-order valence-corrected chi connectivity index (χ1v) is 8.12. The van der Waals surface area contributed by atoms with Gasteiger partial charge < -0.3 is 5.32 Å². The molecule has 0 spiro atoms. The molecule has 0 aliphatic heterocycles. The van der Waals surface area contributed by atoms with Crippen LogP contribution in [0.25, 0.3) is 0 Å². The van der Waals surface area contributed by atoms with Crippen LogP contribution in [0.2, 0.25) is 0 Å². The standard InChI is InChI=1S/C20H27N/c1-5-15(3)17-11-7-9-13-19(17)21-20-14-10-8-12-18(20)16(4)6-2/h7-16,21H,5-6H2,1-4H3.